The quantitative estimate of drug-likeness (QED) is 0.0212. The van der Waals surface area contributed by atoms with Gasteiger partial charge in [-0.15, -0.1) is 0 Å². The summed E-state index contributed by atoms with van der Waals surface area (Å²) in [6.07, 6.45) is 74.1. The van der Waals surface area contributed by atoms with Crippen molar-refractivity contribution < 1.29 is 37.3 Å². The maximum absolute atomic E-state index is 13.5. The van der Waals surface area contributed by atoms with Crippen LogP contribution < -0.4 is 10.2 Å². The van der Waals surface area contributed by atoms with Crippen molar-refractivity contribution in [2.75, 3.05) is 40.9 Å². The van der Waals surface area contributed by atoms with Gasteiger partial charge in [0.1, 0.15) is 19.3 Å². The van der Waals surface area contributed by atoms with Gasteiger partial charge in [0.25, 0.3) is 7.82 Å². The Bertz CT molecular complexity index is 1590. The summed E-state index contributed by atoms with van der Waals surface area (Å²) >= 11 is 0. The van der Waals surface area contributed by atoms with E-state index in [9.17, 15) is 19.0 Å². The molecule has 0 rings (SSSR count). The lowest BCUT2D eigenvalue weighted by Gasteiger charge is -2.30. The molecular weight excluding hydrogens is 976 g/mol. The minimum atomic E-state index is -4.71. The summed E-state index contributed by atoms with van der Waals surface area (Å²) in [5.41, 5.74) is 0. The Morgan fingerprint density at radius 3 is 1.27 bits per heavy atom. The maximum Gasteiger partial charge on any atom is 0.306 e. The molecule has 0 radical (unpaired) electrons. The average Bonchev–Trinajstić information content (AvgIpc) is 3.39. The van der Waals surface area contributed by atoms with Crippen molar-refractivity contribution in [2.45, 2.75) is 290 Å². The van der Waals surface area contributed by atoms with Crippen LogP contribution in [0.2, 0.25) is 0 Å². The molecule has 0 spiro atoms. The van der Waals surface area contributed by atoms with E-state index in [-0.39, 0.29) is 24.9 Å². The number of ether oxygens (including phenoxy) is 1. The molecule has 1 N–H and O–H groups in total. The van der Waals surface area contributed by atoms with E-state index in [4.69, 9.17) is 13.8 Å². The van der Waals surface area contributed by atoms with Gasteiger partial charge in [-0.2, -0.15) is 0 Å². The van der Waals surface area contributed by atoms with Crippen molar-refractivity contribution >= 4 is 19.7 Å². The fourth-order valence-electron chi connectivity index (χ4n) is 8.90. The predicted molar refractivity (Wildman–Crippen MR) is 330 cm³/mol. The van der Waals surface area contributed by atoms with Crippen molar-refractivity contribution in [1.29, 1.82) is 0 Å². The standard InChI is InChI=1S/C67H121N2O7P/c1-7-10-13-16-19-22-25-28-29-30-31-32-33-34-35-36-37-38-39-42-44-47-50-53-56-59-66(70)68-64(63-75-77(72,73)74-62-61-69(4,5)6)65(58-55-52-49-46-43-40-26-23-20-17-14-11-8-2)76-67(71)60-57-54-51-48-45-41-27-24-21-18-15-12-9-3/h10,13,19,22,28-29,31-32,34-35,41,45,55,58,64-65H,7-9,11-12,14-18,20-21,23-27,30,33,36-40,42-44,46-54,56-57,59-63H2,1-6H3,(H-,68,70,72,73)/b13-10-,22-19-,29-28-,32-31-,35-34-,45-41-,58-55-. The Morgan fingerprint density at radius 2 is 0.831 bits per heavy atom. The number of likely N-dealkylation sites (N-methyl/N-ethyl adjacent to an activating group) is 1. The third kappa shape index (κ3) is 57.7. The van der Waals surface area contributed by atoms with Crippen LogP contribution in [0.5, 0.6) is 0 Å². The first-order valence-electron chi connectivity index (χ1n) is 31.9. The molecule has 0 aliphatic heterocycles. The second kappa shape index (κ2) is 56.5. The number of unbranched alkanes of at least 4 members (excludes halogenated alkanes) is 29. The third-order valence-corrected chi connectivity index (χ3v) is 14.8. The molecule has 0 heterocycles. The van der Waals surface area contributed by atoms with E-state index >= 15 is 0 Å². The van der Waals surface area contributed by atoms with Crippen molar-refractivity contribution in [2.24, 2.45) is 0 Å². The highest BCUT2D eigenvalue weighted by molar-refractivity contribution is 7.45. The first kappa shape index (κ1) is 74.2. The van der Waals surface area contributed by atoms with Gasteiger partial charge >= 0.3 is 5.97 Å². The highest BCUT2D eigenvalue weighted by Gasteiger charge is 2.27. The van der Waals surface area contributed by atoms with Crippen LogP contribution in [0.1, 0.15) is 278 Å². The van der Waals surface area contributed by atoms with Gasteiger partial charge in [0.05, 0.1) is 33.8 Å². The van der Waals surface area contributed by atoms with E-state index in [2.05, 4.69) is 99.0 Å². The van der Waals surface area contributed by atoms with Gasteiger partial charge in [-0.1, -0.05) is 247 Å². The molecule has 0 saturated heterocycles. The molecule has 10 heteroatoms. The molecule has 9 nitrogen and oxygen atoms in total. The Labute approximate surface area is 476 Å². The third-order valence-electron chi connectivity index (χ3n) is 13.8. The number of nitrogens with zero attached hydrogens (tertiary/aromatic N) is 1. The number of allylic oxidation sites excluding steroid dienone is 13. The number of hydrogen-bond acceptors (Lipinski definition) is 7. The molecule has 3 unspecified atom stereocenters. The SMILES string of the molecule is CC/C=C\C/C=C\C/C=C\C/C=C\C/C=C\CCCCCCCCCCCC(=O)NC(COP(=O)([O-])OCC[N+](C)(C)C)C(/C=C\CCCCCCCCCCCCC)OC(=O)CCCCC/C=C\CCCCCCCC. The zero-order valence-electron chi connectivity index (χ0n) is 50.9. The topological polar surface area (TPSA) is 114 Å². The van der Waals surface area contributed by atoms with Crippen molar-refractivity contribution in [3.8, 4) is 0 Å². The number of carbonyl (C=O) groups is 2. The second-order valence-electron chi connectivity index (χ2n) is 22.5. The van der Waals surface area contributed by atoms with Crippen LogP contribution in [0.4, 0.5) is 0 Å². The number of quaternary nitrogens is 1. The monoisotopic (exact) mass is 1100 g/mol. The summed E-state index contributed by atoms with van der Waals surface area (Å²) in [5.74, 6) is -0.566. The van der Waals surface area contributed by atoms with Gasteiger partial charge in [0, 0.05) is 12.8 Å². The van der Waals surface area contributed by atoms with E-state index in [0.717, 1.165) is 109 Å². The van der Waals surface area contributed by atoms with Crippen LogP contribution in [0, 0.1) is 0 Å². The molecule has 0 aromatic rings. The minimum Gasteiger partial charge on any atom is -0.756 e. The number of phosphoric ester groups is 1. The highest BCUT2D eigenvalue weighted by Crippen LogP contribution is 2.38. The van der Waals surface area contributed by atoms with Gasteiger partial charge in [-0.05, 0) is 102 Å². The summed E-state index contributed by atoms with van der Waals surface area (Å²) in [5, 5.41) is 3.02. The summed E-state index contributed by atoms with van der Waals surface area (Å²) < 4.78 is 30.3. The molecule has 0 aromatic heterocycles. The predicted octanol–water partition coefficient (Wildman–Crippen LogP) is 19.1. The van der Waals surface area contributed by atoms with Crippen LogP contribution in [0.25, 0.3) is 0 Å². The first-order chi connectivity index (χ1) is 37.4. The fourth-order valence-corrected chi connectivity index (χ4v) is 9.62. The molecule has 446 valence electrons. The van der Waals surface area contributed by atoms with Crippen LogP contribution in [0.15, 0.2) is 85.1 Å². The van der Waals surface area contributed by atoms with Crippen LogP contribution in [0.3, 0.4) is 0 Å². The number of nitrogens with one attached hydrogen (secondary N) is 1. The van der Waals surface area contributed by atoms with Gasteiger partial charge in [0.2, 0.25) is 5.91 Å². The molecular formula is C67H121N2O7P. The fraction of sp³-hybridized carbons (Fsp3) is 0.761. The zero-order valence-corrected chi connectivity index (χ0v) is 51.8. The van der Waals surface area contributed by atoms with Gasteiger partial charge < -0.3 is 28.5 Å². The van der Waals surface area contributed by atoms with Crippen LogP contribution in [-0.2, 0) is 27.9 Å². The van der Waals surface area contributed by atoms with Crippen molar-refractivity contribution in [3.63, 3.8) is 0 Å². The maximum atomic E-state index is 13.5. The molecule has 0 bridgehead atoms. The summed E-state index contributed by atoms with van der Waals surface area (Å²) in [6, 6.07) is -0.901. The lowest BCUT2D eigenvalue weighted by molar-refractivity contribution is -0.870. The molecule has 77 heavy (non-hydrogen) atoms. The number of phosphoric acid groups is 1. The second-order valence-corrected chi connectivity index (χ2v) is 23.9. The van der Waals surface area contributed by atoms with Gasteiger partial charge in [0.15, 0.2) is 0 Å². The first-order valence-corrected chi connectivity index (χ1v) is 33.4. The van der Waals surface area contributed by atoms with E-state index in [1.165, 1.54) is 128 Å². The number of rotatable bonds is 57. The summed E-state index contributed by atoms with van der Waals surface area (Å²) in [7, 11) is 1.17. The number of hydrogen-bond donors (Lipinski definition) is 1. The molecule has 0 aromatic carbocycles. The Kier molecular flexibility index (Phi) is 54.4. The molecule has 1 amide bonds. The zero-order chi connectivity index (χ0) is 56.4. The normalized spacial score (nSPS) is 14.2. The minimum absolute atomic E-state index is 0.0285. The highest BCUT2D eigenvalue weighted by atomic mass is 31.2. The molecule has 0 saturated carbocycles. The van der Waals surface area contributed by atoms with E-state index in [1.807, 2.05) is 33.3 Å². The van der Waals surface area contributed by atoms with Gasteiger partial charge in [-0.25, -0.2) is 0 Å². The summed E-state index contributed by atoms with van der Waals surface area (Å²) in [6.45, 7) is 6.71. The number of amides is 1. The van der Waals surface area contributed by atoms with Gasteiger partial charge in [-0.3, -0.25) is 14.2 Å². The Hall–Kier alpha value is -2.81. The van der Waals surface area contributed by atoms with E-state index in [1.54, 1.807) is 0 Å². The lowest BCUT2D eigenvalue weighted by Crippen LogP contribution is -2.47. The van der Waals surface area contributed by atoms with Crippen LogP contribution >= 0.6 is 7.82 Å². The van der Waals surface area contributed by atoms with Crippen LogP contribution in [-0.4, -0.2) is 69.4 Å². The largest absolute Gasteiger partial charge is 0.756 e. The van der Waals surface area contributed by atoms with E-state index in [0.29, 0.717) is 23.9 Å². The Balaban J connectivity index is 5.18. The van der Waals surface area contributed by atoms with Crippen molar-refractivity contribution in [1.82, 2.24) is 5.32 Å². The lowest BCUT2D eigenvalue weighted by atomic mass is 10.0. The summed E-state index contributed by atoms with van der Waals surface area (Å²) in [4.78, 5) is 40.0. The Morgan fingerprint density at radius 1 is 0.468 bits per heavy atom. The molecule has 0 aliphatic rings. The van der Waals surface area contributed by atoms with Crippen molar-refractivity contribution in [3.05, 3.63) is 85.1 Å². The average molecular weight is 1100 g/mol. The number of carbonyl (C=O) groups excluding carboxylic acids is 2. The number of esters is 1. The molecule has 3 atom stereocenters. The van der Waals surface area contributed by atoms with E-state index < -0.39 is 26.6 Å². The molecule has 0 aliphatic carbocycles. The molecule has 0 fully saturated rings. The smallest absolute Gasteiger partial charge is 0.306 e.